The van der Waals surface area contributed by atoms with Crippen molar-refractivity contribution in [1.82, 2.24) is 0 Å². The van der Waals surface area contributed by atoms with E-state index < -0.39 is 0 Å². The minimum atomic E-state index is 0.143. The third-order valence-corrected chi connectivity index (χ3v) is 6.28. The van der Waals surface area contributed by atoms with Crippen LogP contribution in [0.4, 0.5) is 0 Å². The second-order valence-electron chi connectivity index (χ2n) is 6.90. The monoisotopic (exact) mass is 292 g/mol. The minimum absolute atomic E-state index is 0.143. The topological polar surface area (TPSA) is 18.5 Å². The maximum absolute atomic E-state index is 5.76. The lowest BCUT2D eigenvalue weighted by atomic mass is 9.52. The van der Waals surface area contributed by atoms with Crippen molar-refractivity contribution in [2.24, 2.45) is 11.8 Å². The summed E-state index contributed by atoms with van der Waals surface area (Å²) in [4.78, 5) is 0. The lowest BCUT2D eigenvalue weighted by Crippen LogP contribution is -2.48. The van der Waals surface area contributed by atoms with E-state index in [1.807, 2.05) is 0 Å². The highest BCUT2D eigenvalue weighted by Gasteiger charge is 2.65. The molecule has 0 saturated heterocycles. The van der Waals surface area contributed by atoms with Crippen molar-refractivity contribution >= 4 is 0 Å². The molecule has 3 atom stereocenters. The molecule has 0 radical (unpaired) electrons. The average molecular weight is 292 g/mol. The summed E-state index contributed by atoms with van der Waals surface area (Å²) in [5, 5.41) is 0. The van der Waals surface area contributed by atoms with Crippen LogP contribution in [-0.2, 0) is 18.3 Å². The Morgan fingerprint density at radius 1 is 0.818 bits per heavy atom. The Morgan fingerprint density at radius 3 is 1.77 bits per heavy atom. The molecule has 3 aliphatic rings. The van der Waals surface area contributed by atoms with Crippen LogP contribution in [0.15, 0.2) is 36.4 Å². The van der Waals surface area contributed by atoms with Crippen LogP contribution in [0.25, 0.3) is 0 Å². The molecule has 0 aromatic heterocycles. The van der Waals surface area contributed by atoms with Gasteiger partial charge in [0.2, 0.25) is 0 Å². The molecule has 22 heavy (non-hydrogen) atoms. The zero-order valence-corrected chi connectivity index (χ0v) is 13.1. The fourth-order valence-corrected chi connectivity index (χ4v) is 5.62. The first-order chi connectivity index (χ1) is 10.8. The number of benzene rings is 2. The van der Waals surface area contributed by atoms with Gasteiger partial charge in [0.15, 0.2) is 0 Å². The lowest BCUT2D eigenvalue weighted by molar-refractivity contribution is 0.0936. The van der Waals surface area contributed by atoms with Gasteiger partial charge in [0.05, 0.1) is 14.2 Å². The van der Waals surface area contributed by atoms with Crippen LogP contribution >= 0.6 is 0 Å². The van der Waals surface area contributed by atoms with Gasteiger partial charge in [-0.15, -0.1) is 0 Å². The smallest absolute Gasteiger partial charge is 0.123 e. The highest BCUT2D eigenvalue weighted by molar-refractivity contribution is 5.66. The molecule has 2 nitrogen and oxygen atoms in total. The molecule has 2 aromatic carbocycles. The quantitative estimate of drug-likeness (QED) is 0.839. The summed E-state index contributed by atoms with van der Waals surface area (Å²) in [6, 6.07) is 13.1. The Labute approximate surface area is 131 Å². The Hall–Kier alpha value is -1.96. The molecule has 2 aromatic rings. The van der Waals surface area contributed by atoms with Gasteiger partial charge < -0.3 is 9.47 Å². The first-order valence-corrected chi connectivity index (χ1v) is 8.13. The molecule has 1 fully saturated rings. The fourth-order valence-electron chi connectivity index (χ4n) is 5.62. The van der Waals surface area contributed by atoms with Gasteiger partial charge in [-0.25, -0.2) is 0 Å². The number of ether oxygens (including phenoxy) is 2. The average Bonchev–Trinajstić information content (AvgIpc) is 2.96. The summed E-state index contributed by atoms with van der Waals surface area (Å²) >= 11 is 0. The van der Waals surface area contributed by atoms with Gasteiger partial charge in [-0.1, -0.05) is 24.3 Å². The first kappa shape index (κ1) is 12.6. The molecule has 1 unspecified atom stereocenters. The van der Waals surface area contributed by atoms with Crippen molar-refractivity contribution in [1.29, 1.82) is 0 Å². The van der Waals surface area contributed by atoms with E-state index in [4.69, 9.17) is 9.47 Å². The van der Waals surface area contributed by atoms with Crippen LogP contribution in [0.3, 0.4) is 0 Å². The van der Waals surface area contributed by atoms with Gasteiger partial charge >= 0.3 is 0 Å². The second-order valence-corrected chi connectivity index (χ2v) is 6.90. The number of hydrogen-bond acceptors (Lipinski definition) is 2. The van der Waals surface area contributed by atoms with Crippen LogP contribution < -0.4 is 9.47 Å². The summed E-state index contributed by atoms with van der Waals surface area (Å²) in [6.07, 6.45) is 3.69. The van der Waals surface area contributed by atoms with E-state index in [2.05, 4.69) is 36.4 Å². The van der Waals surface area contributed by atoms with Crippen molar-refractivity contribution in [2.45, 2.75) is 24.7 Å². The van der Waals surface area contributed by atoms with Gasteiger partial charge in [0, 0.05) is 16.5 Å². The lowest BCUT2D eigenvalue weighted by Gasteiger charge is -2.50. The molecular formula is C20H20O2. The molecule has 0 aliphatic heterocycles. The maximum Gasteiger partial charge on any atom is 0.123 e. The van der Waals surface area contributed by atoms with Crippen molar-refractivity contribution in [3.8, 4) is 11.5 Å². The van der Waals surface area contributed by atoms with Crippen LogP contribution in [-0.4, -0.2) is 14.2 Å². The zero-order valence-electron chi connectivity index (χ0n) is 13.1. The summed E-state index contributed by atoms with van der Waals surface area (Å²) in [5.41, 5.74) is 5.99. The van der Waals surface area contributed by atoms with E-state index in [0.29, 0.717) is 11.8 Å². The van der Waals surface area contributed by atoms with E-state index in [1.54, 1.807) is 14.2 Å². The minimum Gasteiger partial charge on any atom is -0.496 e. The highest BCUT2D eigenvalue weighted by atomic mass is 16.5. The number of rotatable bonds is 2. The molecule has 5 rings (SSSR count). The normalized spacial score (nSPS) is 29.9. The third kappa shape index (κ3) is 1.20. The molecule has 1 saturated carbocycles. The van der Waals surface area contributed by atoms with Crippen molar-refractivity contribution in [3.05, 3.63) is 58.7 Å². The molecule has 2 heteroatoms. The predicted molar refractivity (Wildman–Crippen MR) is 85.8 cm³/mol. The standard InChI is InChI=1S/C20H20O2/c1-21-16-7-3-5-12-9-14-11-15-10-13-6-4-8-17(22-2)19(13)20(14,15)18(12)16/h3-8,14-15H,9-11H2,1-2H3/t14-,15+,20?. The van der Waals surface area contributed by atoms with E-state index in [0.717, 1.165) is 11.5 Å². The van der Waals surface area contributed by atoms with Crippen LogP contribution in [0.5, 0.6) is 11.5 Å². The van der Waals surface area contributed by atoms with E-state index >= 15 is 0 Å². The molecule has 112 valence electrons. The fraction of sp³-hybridized carbons (Fsp3) is 0.400. The largest absolute Gasteiger partial charge is 0.496 e. The molecule has 3 aliphatic carbocycles. The van der Waals surface area contributed by atoms with Gasteiger partial charge in [-0.3, -0.25) is 0 Å². The van der Waals surface area contributed by atoms with Gasteiger partial charge in [0.1, 0.15) is 11.5 Å². The molecule has 0 bridgehead atoms. The Kier molecular flexibility index (Phi) is 2.32. The zero-order chi connectivity index (χ0) is 14.9. The molecule has 1 spiro atoms. The van der Waals surface area contributed by atoms with Crippen LogP contribution in [0.1, 0.15) is 28.7 Å². The number of hydrogen-bond donors (Lipinski definition) is 0. The van der Waals surface area contributed by atoms with Gasteiger partial charge in [-0.2, -0.15) is 0 Å². The molecular weight excluding hydrogens is 272 g/mol. The van der Waals surface area contributed by atoms with Crippen molar-refractivity contribution < 1.29 is 9.47 Å². The number of methoxy groups -OCH3 is 2. The first-order valence-electron chi connectivity index (χ1n) is 8.13. The van der Waals surface area contributed by atoms with Crippen molar-refractivity contribution in [3.63, 3.8) is 0 Å². The predicted octanol–water partition coefficient (Wildman–Crippen LogP) is 3.74. The van der Waals surface area contributed by atoms with Crippen molar-refractivity contribution in [2.75, 3.05) is 14.2 Å². The second kappa shape index (κ2) is 4.07. The van der Waals surface area contributed by atoms with Gasteiger partial charge in [-0.05, 0) is 54.4 Å². The highest BCUT2D eigenvalue weighted by Crippen LogP contribution is 2.70. The Morgan fingerprint density at radius 2 is 1.32 bits per heavy atom. The van der Waals surface area contributed by atoms with Crippen LogP contribution in [0, 0.1) is 11.8 Å². The molecule has 0 N–H and O–H groups in total. The Bertz CT molecular complexity index is 712. The van der Waals surface area contributed by atoms with E-state index in [9.17, 15) is 0 Å². The molecule has 0 heterocycles. The summed E-state index contributed by atoms with van der Waals surface area (Å²) < 4.78 is 11.5. The van der Waals surface area contributed by atoms with E-state index in [-0.39, 0.29) is 5.41 Å². The molecule has 0 amide bonds. The summed E-state index contributed by atoms with van der Waals surface area (Å²) in [6.45, 7) is 0. The third-order valence-electron chi connectivity index (χ3n) is 6.28. The maximum atomic E-state index is 5.76. The van der Waals surface area contributed by atoms with Crippen LogP contribution in [0.2, 0.25) is 0 Å². The summed E-state index contributed by atoms with van der Waals surface area (Å²) in [7, 11) is 3.59. The van der Waals surface area contributed by atoms with Gasteiger partial charge in [0.25, 0.3) is 0 Å². The summed E-state index contributed by atoms with van der Waals surface area (Å²) in [5.74, 6) is 3.54. The SMILES string of the molecule is COc1cccc2c1C13c4c(cccc4OC)C[C@H]1C[C@H]3C2. The number of fused-ring (bicyclic) bond motifs is 2. The van der Waals surface area contributed by atoms with E-state index in [1.165, 1.54) is 41.5 Å². The Balaban J connectivity index is 1.85.